The maximum Gasteiger partial charge on any atom is 0.0695 e. The minimum Gasteiger partial charge on any atom is -0.392 e. The van der Waals surface area contributed by atoms with Crippen molar-refractivity contribution in [3.63, 3.8) is 0 Å². The molecule has 2 fully saturated rings. The molecular weight excluding hydrogens is 154 g/mol. The molecule has 1 unspecified atom stereocenters. The van der Waals surface area contributed by atoms with Gasteiger partial charge < -0.3 is 9.84 Å². The van der Waals surface area contributed by atoms with Crippen molar-refractivity contribution in [2.75, 3.05) is 32.8 Å². The monoisotopic (exact) mass is 171 g/mol. The summed E-state index contributed by atoms with van der Waals surface area (Å²) in [5.74, 6) is 0.604. The maximum absolute atomic E-state index is 9.66. The molecule has 2 rings (SSSR count). The van der Waals surface area contributed by atoms with Gasteiger partial charge in [-0.1, -0.05) is 0 Å². The van der Waals surface area contributed by atoms with Crippen LogP contribution in [0.25, 0.3) is 0 Å². The molecule has 0 aromatic heterocycles. The SMILES string of the molecule is OC(CN1CCOCC1)C1CC1. The molecule has 1 atom stereocenters. The Labute approximate surface area is 73.3 Å². The lowest BCUT2D eigenvalue weighted by Crippen LogP contribution is -2.41. The maximum atomic E-state index is 9.66. The summed E-state index contributed by atoms with van der Waals surface area (Å²) in [5.41, 5.74) is 0. The molecule has 12 heavy (non-hydrogen) atoms. The summed E-state index contributed by atoms with van der Waals surface area (Å²) in [7, 11) is 0. The van der Waals surface area contributed by atoms with E-state index < -0.39 is 0 Å². The van der Waals surface area contributed by atoms with Gasteiger partial charge >= 0.3 is 0 Å². The summed E-state index contributed by atoms with van der Waals surface area (Å²) in [4.78, 5) is 2.30. The Morgan fingerprint density at radius 1 is 1.33 bits per heavy atom. The van der Waals surface area contributed by atoms with Gasteiger partial charge in [-0.25, -0.2) is 0 Å². The van der Waals surface area contributed by atoms with E-state index in [1.807, 2.05) is 0 Å². The van der Waals surface area contributed by atoms with Crippen LogP contribution in [0.2, 0.25) is 0 Å². The van der Waals surface area contributed by atoms with Crippen LogP contribution in [0.1, 0.15) is 12.8 Å². The number of nitrogens with zero attached hydrogens (tertiary/aromatic N) is 1. The number of aliphatic hydroxyl groups excluding tert-OH is 1. The van der Waals surface area contributed by atoms with E-state index in [4.69, 9.17) is 4.74 Å². The van der Waals surface area contributed by atoms with Crippen LogP contribution < -0.4 is 0 Å². The summed E-state index contributed by atoms with van der Waals surface area (Å²) in [6, 6.07) is 0. The van der Waals surface area contributed by atoms with Crippen molar-refractivity contribution < 1.29 is 9.84 Å². The zero-order chi connectivity index (χ0) is 8.39. The Hall–Kier alpha value is -0.120. The molecule has 1 aliphatic heterocycles. The predicted molar refractivity (Wildman–Crippen MR) is 46.0 cm³/mol. The number of morpholine rings is 1. The van der Waals surface area contributed by atoms with Gasteiger partial charge in [-0.15, -0.1) is 0 Å². The average molecular weight is 171 g/mol. The fraction of sp³-hybridized carbons (Fsp3) is 1.00. The van der Waals surface area contributed by atoms with Crippen molar-refractivity contribution in [3.05, 3.63) is 0 Å². The van der Waals surface area contributed by atoms with Crippen molar-refractivity contribution in [3.8, 4) is 0 Å². The van der Waals surface area contributed by atoms with Gasteiger partial charge in [0, 0.05) is 19.6 Å². The zero-order valence-electron chi connectivity index (χ0n) is 7.41. The van der Waals surface area contributed by atoms with E-state index in [-0.39, 0.29) is 6.10 Å². The molecule has 1 N–H and O–H groups in total. The standard InChI is InChI=1S/C9H17NO2/c11-9(8-1-2-8)7-10-3-5-12-6-4-10/h8-9,11H,1-7H2. The van der Waals surface area contributed by atoms with Crippen molar-refractivity contribution in [1.29, 1.82) is 0 Å². The summed E-state index contributed by atoms with van der Waals surface area (Å²) in [6.45, 7) is 4.50. The summed E-state index contributed by atoms with van der Waals surface area (Å²) in [6.07, 6.45) is 2.37. The fourth-order valence-electron chi connectivity index (χ4n) is 1.68. The highest BCUT2D eigenvalue weighted by molar-refractivity contribution is 4.83. The number of rotatable bonds is 3. The third-order valence-electron chi connectivity index (χ3n) is 2.72. The topological polar surface area (TPSA) is 32.7 Å². The van der Waals surface area contributed by atoms with Crippen LogP contribution in [0.4, 0.5) is 0 Å². The minimum absolute atomic E-state index is 0.0805. The third kappa shape index (κ3) is 2.19. The molecule has 0 spiro atoms. The predicted octanol–water partition coefficient (Wildman–Crippen LogP) is 0.0895. The second kappa shape index (κ2) is 3.73. The van der Waals surface area contributed by atoms with Gasteiger partial charge in [-0.2, -0.15) is 0 Å². The number of hydrogen-bond acceptors (Lipinski definition) is 3. The number of aliphatic hydroxyl groups is 1. The Balaban J connectivity index is 1.69. The molecule has 70 valence electrons. The van der Waals surface area contributed by atoms with Crippen LogP contribution in [0, 0.1) is 5.92 Å². The van der Waals surface area contributed by atoms with Crippen molar-refractivity contribution in [1.82, 2.24) is 4.90 Å². The minimum atomic E-state index is -0.0805. The van der Waals surface area contributed by atoms with Gasteiger partial charge in [0.05, 0.1) is 19.3 Å². The van der Waals surface area contributed by atoms with Crippen LogP contribution in [-0.4, -0.2) is 49.0 Å². The average Bonchev–Trinajstić information content (AvgIpc) is 2.88. The molecule has 1 saturated heterocycles. The molecule has 0 amide bonds. The highest BCUT2D eigenvalue weighted by Crippen LogP contribution is 2.32. The third-order valence-corrected chi connectivity index (χ3v) is 2.72. The first-order valence-electron chi connectivity index (χ1n) is 4.84. The Kier molecular flexibility index (Phi) is 2.63. The van der Waals surface area contributed by atoms with Gasteiger partial charge in [0.15, 0.2) is 0 Å². The Bertz CT molecular complexity index is 141. The highest BCUT2D eigenvalue weighted by Gasteiger charge is 2.30. The van der Waals surface area contributed by atoms with E-state index in [0.717, 1.165) is 32.8 Å². The molecule has 1 aliphatic carbocycles. The second-order valence-corrected chi connectivity index (χ2v) is 3.82. The van der Waals surface area contributed by atoms with Crippen LogP contribution in [-0.2, 0) is 4.74 Å². The van der Waals surface area contributed by atoms with Gasteiger partial charge in [0.25, 0.3) is 0 Å². The lowest BCUT2D eigenvalue weighted by molar-refractivity contribution is 0.0104. The molecule has 1 saturated carbocycles. The molecule has 2 aliphatic rings. The number of β-amino-alcohol motifs (C(OH)–C–C–N with tert-alkyl or cyclic N) is 1. The highest BCUT2D eigenvalue weighted by atomic mass is 16.5. The quantitative estimate of drug-likeness (QED) is 0.653. The lowest BCUT2D eigenvalue weighted by Gasteiger charge is -2.28. The van der Waals surface area contributed by atoms with E-state index in [1.54, 1.807) is 0 Å². The molecule has 1 heterocycles. The van der Waals surface area contributed by atoms with Crippen LogP contribution >= 0.6 is 0 Å². The number of hydrogen-bond donors (Lipinski definition) is 1. The van der Waals surface area contributed by atoms with Gasteiger partial charge in [0.2, 0.25) is 0 Å². The first kappa shape index (κ1) is 8.48. The van der Waals surface area contributed by atoms with E-state index in [2.05, 4.69) is 4.90 Å². The Morgan fingerprint density at radius 2 is 2.00 bits per heavy atom. The molecule has 0 radical (unpaired) electrons. The first-order chi connectivity index (χ1) is 5.86. The normalized spacial score (nSPS) is 28.8. The zero-order valence-corrected chi connectivity index (χ0v) is 7.41. The van der Waals surface area contributed by atoms with Gasteiger partial charge in [-0.05, 0) is 18.8 Å². The van der Waals surface area contributed by atoms with Crippen molar-refractivity contribution >= 4 is 0 Å². The summed E-state index contributed by atoms with van der Waals surface area (Å²) in [5, 5.41) is 9.66. The van der Waals surface area contributed by atoms with Crippen molar-refractivity contribution in [2.45, 2.75) is 18.9 Å². The Morgan fingerprint density at radius 3 is 2.58 bits per heavy atom. The molecular formula is C9H17NO2. The fourth-order valence-corrected chi connectivity index (χ4v) is 1.68. The summed E-state index contributed by atoms with van der Waals surface area (Å²) < 4.78 is 5.23. The van der Waals surface area contributed by atoms with E-state index in [0.29, 0.717) is 5.92 Å². The molecule has 0 aromatic rings. The van der Waals surface area contributed by atoms with Crippen LogP contribution in [0.15, 0.2) is 0 Å². The van der Waals surface area contributed by atoms with Crippen LogP contribution in [0.3, 0.4) is 0 Å². The van der Waals surface area contributed by atoms with E-state index >= 15 is 0 Å². The molecule has 3 nitrogen and oxygen atoms in total. The smallest absolute Gasteiger partial charge is 0.0695 e. The lowest BCUT2D eigenvalue weighted by atomic mass is 10.2. The van der Waals surface area contributed by atoms with Crippen LogP contribution in [0.5, 0.6) is 0 Å². The number of ether oxygens (including phenoxy) is 1. The summed E-state index contributed by atoms with van der Waals surface area (Å²) >= 11 is 0. The van der Waals surface area contributed by atoms with Gasteiger partial charge in [-0.3, -0.25) is 4.90 Å². The molecule has 0 bridgehead atoms. The second-order valence-electron chi connectivity index (χ2n) is 3.82. The molecule has 0 aromatic carbocycles. The van der Waals surface area contributed by atoms with E-state index in [1.165, 1.54) is 12.8 Å². The first-order valence-corrected chi connectivity index (χ1v) is 4.84. The van der Waals surface area contributed by atoms with E-state index in [9.17, 15) is 5.11 Å². The molecule has 3 heteroatoms. The van der Waals surface area contributed by atoms with Crippen molar-refractivity contribution in [2.24, 2.45) is 5.92 Å². The van der Waals surface area contributed by atoms with Gasteiger partial charge in [0.1, 0.15) is 0 Å². The largest absolute Gasteiger partial charge is 0.392 e.